The first-order valence-electron chi connectivity index (χ1n) is 5.59. The van der Waals surface area contributed by atoms with E-state index in [-0.39, 0.29) is 12.2 Å². The van der Waals surface area contributed by atoms with Crippen molar-refractivity contribution in [2.75, 3.05) is 0 Å². The Morgan fingerprint density at radius 2 is 2.14 bits per heavy atom. The van der Waals surface area contributed by atoms with E-state index in [1.807, 2.05) is 13.8 Å². The van der Waals surface area contributed by atoms with E-state index in [9.17, 15) is 4.79 Å². The van der Waals surface area contributed by atoms with Gasteiger partial charge in [-0.25, -0.2) is 4.79 Å². The Balaban J connectivity index is 2.20. The normalized spacial score (nSPS) is 18.0. The average molecular weight is 199 g/mol. The second-order valence-electron chi connectivity index (χ2n) is 4.38. The lowest BCUT2D eigenvalue weighted by molar-refractivity contribution is 0.111. The number of hydrogen-bond acceptors (Lipinski definition) is 2. The minimum atomic E-state index is -0.271. The zero-order valence-corrected chi connectivity index (χ0v) is 9.38. The maximum Gasteiger partial charge on any atom is 0.407 e. The van der Waals surface area contributed by atoms with Crippen LogP contribution in [0.4, 0.5) is 4.79 Å². The van der Waals surface area contributed by atoms with Crippen LogP contribution < -0.4 is 5.32 Å². The van der Waals surface area contributed by atoms with Crippen LogP contribution in [-0.2, 0) is 4.74 Å². The van der Waals surface area contributed by atoms with Gasteiger partial charge in [-0.05, 0) is 32.6 Å². The second-order valence-corrected chi connectivity index (χ2v) is 4.38. The van der Waals surface area contributed by atoms with Gasteiger partial charge in [0.1, 0.15) is 0 Å². The van der Waals surface area contributed by atoms with Gasteiger partial charge in [-0.3, -0.25) is 0 Å². The minimum Gasteiger partial charge on any atom is -0.447 e. The van der Waals surface area contributed by atoms with Crippen molar-refractivity contribution < 1.29 is 9.53 Å². The van der Waals surface area contributed by atoms with Crippen molar-refractivity contribution in [3.8, 4) is 0 Å². The minimum absolute atomic E-state index is 0.0339. The van der Waals surface area contributed by atoms with Crippen LogP contribution in [0.2, 0.25) is 0 Å². The summed E-state index contributed by atoms with van der Waals surface area (Å²) in [6.45, 7) is 5.82. The summed E-state index contributed by atoms with van der Waals surface area (Å²) in [6, 6.07) is 0.300. The van der Waals surface area contributed by atoms with Gasteiger partial charge >= 0.3 is 6.09 Å². The molecule has 0 heterocycles. The van der Waals surface area contributed by atoms with Gasteiger partial charge in [0.05, 0.1) is 6.10 Å². The molecule has 0 saturated heterocycles. The summed E-state index contributed by atoms with van der Waals surface area (Å²) in [5.74, 6) is 0.847. The third-order valence-corrected chi connectivity index (χ3v) is 2.47. The molecule has 1 N–H and O–H groups in total. The fourth-order valence-corrected chi connectivity index (χ4v) is 1.50. The van der Waals surface area contributed by atoms with Gasteiger partial charge < -0.3 is 10.1 Å². The Morgan fingerprint density at radius 3 is 2.57 bits per heavy atom. The Bertz CT molecular complexity index is 188. The number of alkyl carbamates (subject to hydrolysis) is 1. The average Bonchev–Trinajstić information content (AvgIpc) is 2.85. The van der Waals surface area contributed by atoms with Crippen molar-refractivity contribution in [1.29, 1.82) is 0 Å². The van der Waals surface area contributed by atoms with E-state index in [1.54, 1.807) is 0 Å². The molecule has 1 aliphatic carbocycles. The van der Waals surface area contributed by atoms with Crippen molar-refractivity contribution in [1.82, 2.24) is 5.32 Å². The number of nitrogens with one attached hydrogen (secondary N) is 1. The molecule has 3 nitrogen and oxygen atoms in total. The Kier molecular flexibility index (Phi) is 4.23. The summed E-state index contributed by atoms with van der Waals surface area (Å²) in [5, 5.41) is 2.91. The number of rotatable bonds is 5. The first kappa shape index (κ1) is 11.3. The fourth-order valence-electron chi connectivity index (χ4n) is 1.50. The van der Waals surface area contributed by atoms with Gasteiger partial charge in [0, 0.05) is 6.04 Å². The SMILES string of the molecule is CCC(CC1CC1)NC(=O)OC(C)C. The van der Waals surface area contributed by atoms with Crippen LogP contribution >= 0.6 is 0 Å². The third-order valence-electron chi connectivity index (χ3n) is 2.47. The van der Waals surface area contributed by atoms with Gasteiger partial charge in [-0.2, -0.15) is 0 Å². The molecule has 0 aromatic rings. The van der Waals surface area contributed by atoms with Gasteiger partial charge in [-0.15, -0.1) is 0 Å². The van der Waals surface area contributed by atoms with E-state index < -0.39 is 0 Å². The van der Waals surface area contributed by atoms with E-state index >= 15 is 0 Å². The third kappa shape index (κ3) is 4.49. The highest BCUT2D eigenvalue weighted by atomic mass is 16.6. The predicted octanol–water partition coefficient (Wildman–Crippen LogP) is 2.70. The van der Waals surface area contributed by atoms with Crippen LogP contribution in [0.1, 0.15) is 46.5 Å². The van der Waals surface area contributed by atoms with Gasteiger partial charge in [0.15, 0.2) is 0 Å². The van der Waals surface area contributed by atoms with Gasteiger partial charge in [-0.1, -0.05) is 19.8 Å². The number of ether oxygens (including phenoxy) is 1. The lowest BCUT2D eigenvalue weighted by Gasteiger charge is -2.17. The first-order chi connectivity index (χ1) is 6.61. The highest BCUT2D eigenvalue weighted by molar-refractivity contribution is 5.67. The molecule has 0 aromatic heterocycles. The molecule has 0 radical (unpaired) electrons. The van der Waals surface area contributed by atoms with Crippen LogP contribution in [0.3, 0.4) is 0 Å². The molecule has 1 aliphatic rings. The van der Waals surface area contributed by atoms with Crippen LogP contribution in [0.25, 0.3) is 0 Å². The Morgan fingerprint density at radius 1 is 1.50 bits per heavy atom. The van der Waals surface area contributed by atoms with Crippen LogP contribution in [-0.4, -0.2) is 18.2 Å². The van der Waals surface area contributed by atoms with E-state index in [2.05, 4.69) is 12.2 Å². The van der Waals surface area contributed by atoms with E-state index in [4.69, 9.17) is 4.74 Å². The van der Waals surface area contributed by atoms with Crippen molar-refractivity contribution in [2.24, 2.45) is 5.92 Å². The monoisotopic (exact) mass is 199 g/mol. The Hall–Kier alpha value is -0.730. The van der Waals surface area contributed by atoms with Crippen molar-refractivity contribution in [3.05, 3.63) is 0 Å². The Labute approximate surface area is 86.2 Å². The predicted molar refractivity (Wildman–Crippen MR) is 56.2 cm³/mol. The molecular weight excluding hydrogens is 178 g/mol. The lowest BCUT2D eigenvalue weighted by Crippen LogP contribution is -2.36. The zero-order chi connectivity index (χ0) is 10.6. The molecule has 0 aromatic carbocycles. The van der Waals surface area contributed by atoms with Gasteiger partial charge in [0.25, 0.3) is 0 Å². The van der Waals surface area contributed by atoms with Crippen molar-refractivity contribution >= 4 is 6.09 Å². The lowest BCUT2D eigenvalue weighted by atomic mass is 10.1. The summed E-state index contributed by atoms with van der Waals surface area (Å²) in [4.78, 5) is 11.3. The highest BCUT2D eigenvalue weighted by Gasteiger charge is 2.25. The highest BCUT2D eigenvalue weighted by Crippen LogP contribution is 2.33. The molecule has 14 heavy (non-hydrogen) atoms. The second kappa shape index (κ2) is 5.23. The van der Waals surface area contributed by atoms with Crippen molar-refractivity contribution in [3.63, 3.8) is 0 Å². The molecule has 0 aliphatic heterocycles. The molecule has 1 saturated carbocycles. The summed E-state index contributed by atoms with van der Waals surface area (Å²) in [6.07, 6.45) is 4.46. The molecule has 0 spiro atoms. The smallest absolute Gasteiger partial charge is 0.407 e. The zero-order valence-electron chi connectivity index (χ0n) is 9.38. The van der Waals surface area contributed by atoms with E-state index in [1.165, 1.54) is 12.8 Å². The molecule has 1 fully saturated rings. The summed E-state index contributed by atoms with van der Waals surface area (Å²) >= 11 is 0. The van der Waals surface area contributed by atoms with Crippen LogP contribution in [0.5, 0.6) is 0 Å². The van der Waals surface area contributed by atoms with Crippen molar-refractivity contribution in [2.45, 2.75) is 58.6 Å². The molecular formula is C11H21NO2. The number of amides is 1. The molecule has 1 atom stereocenters. The van der Waals surface area contributed by atoms with Crippen LogP contribution in [0.15, 0.2) is 0 Å². The fraction of sp³-hybridized carbons (Fsp3) is 0.909. The summed E-state index contributed by atoms with van der Waals surface area (Å²) in [7, 11) is 0. The molecule has 1 rings (SSSR count). The topological polar surface area (TPSA) is 38.3 Å². The molecule has 82 valence electrons. The standard InChI is InChI=1S/C11H21NO2/c1-4-10(7-9-5-6-9)12-11(13)14-8(2)3/h8-10H,4-7H2,1-3H3,(H,12,13). The number of hydrogen-bond donors (Lipinski definition) is 1. The molecule has 3 heteroatoms. The first-order valence-corrected chi connectivity index (χ1v) is 5.59. The maximum atomic E-state index is 11.3. The maximum absolute atomic E-state index is 11.3. The van der Waals surface area contributed by atoms with E-state index in [0.29, 0.717) is 6.04 Å². The number of carbonyl (C=O) groups is 1. The van der Waals surface area contributed by atoms with E-state index in [0.717, 1.165) is 18.8 Å². The summed E-state index contributed by atoms with van der Waals surface area (Å²) in [5.41, 5.74) is 0. The molecule has 0 bridgehead atoms. The molecule has 1 amide bonds. The van der Waals surface area contributed by atoms with Crippen LogP contribution in [0, 0.1) is 5.92 Å². The van der Waals surface area contributed by atoms with Gasteiger partial charge in [0.2, 0.25) is 0 Å². The quantitative estimate of drug-likeness (QED) is 0.739. The largest absolute Gasteiger partial charge is 0.447 e. The number of carbonyl (C=O) groups excluding carboxylic acids is 1. The summed E-state index contributed by atoms with van der Waals surface area (Å²) < 4.78 is 5.03. The molecule has 1 unspecified atom stereocenters.